The molecule has 11 heavy (non-hydrogen) atoms. The largest absolute Gasteiger partial charge is 0.390 e. The Balaban J connectivity index is 2.06. The molecule has 0 radical (unpaired) electrons. The van der Waals surface area contributed by atoms with Gasteiger partial charge >= 0.3 is 0 Å². The van der Waals surface area contributed by atoms with Crippen molar-refractivity contribution in [3.8, 4) is 0 Å². The molecular weight excluding hydrogens is 140 g/mol. The van der Waals surface area contributed by atoms with E-state index in [1.54, 1.807) is 0 Å². The van der Waals surface area contributed by atoms with Crippen LogP contribution < -0.4 is 0 Å². The van der Waals surface area contributed by atoms with Gasteiger partial charge in [0, 0.05) is 6.42 Å². The highest BCUT2D eigenvalue weighted by Crippen LogP contribution is 2.43. The second-order valence-corrected chi connectivity index (χ2v) is 3.98. The van der Waals surface area contributed by atoms with Crippen molar-refractivity contribution in [3.63, 3.8) is 0 Å². The standard InChI is InChI=1S/C9H16O2/c1-7-8(10)6-9(11-7)4-2-3-5-9/h7-8,10H,2-6H2,1H3. The maximum atomic E-state index is 9.50. The molecule has 64 valence electrons. The van der Waals surface area contributed by atoms with Crippen molar-refractivity contribution >= 4 is 0 Å². The van der Waals surface area contributed by atoms with E-state index in [4.69, 9.17) is 4.74 Å². The van der Waals surface area contributed by atoms with Crippen LogP contribution in [0.1, 0.15) is 39.0 Å². The third-order valence-corrected chi connectivity index (χ3v) is 3.07. The van der Waals surface area contributed by atoms with Crippen molar-refractivity contribution in [1.82, 2.24) is 0 Å². The molecular formula is C9H16O2. The summed E-state index contributed by atoms with van der Waals surface area (Å²) in [6.07, 6.45) is 5.59. The summed E-state index contributed by atoms with van der Waals surface area (Å²) in [7, 11) is 0. The van der Waals surface area contributed by atoms with Crippen LogP contribution in [0.2, 0.25) is 0 Å². The first kappa shape index (κ1) is 7.56. The molecule has 0 bridgehead atoms. The fourth-order valence-electron chi connectivity index (χ4n) is 2.41. The van der Waals surface area contributed by atoms with E-state index in [1.165, 1.54) is 12.8 Å². The molecule has 2 fully saturated rings. The molecule has 0 aromatic rings. The van der Waals surface area contributed by atoms with E-state index < -0.39 is 0 Å². The van der Waals surface area contributed by atoms with Crippen LogP contribution in [0.25, 0.3) is 0 Å². The Morgan fingerprint density at radius 2 is 2.00 bits per heavy atom. The second-order valence-electron chi connectivity index (χ2n) is 3.98. The van der Waals surface area contributed by atoms with Gasteiger partial charge in [0.25, 0.3) is 0 Å². The fourth-order valence-corrected chi connectivity index (χ4v) is 2.41. The van der Waals surface area contributed by atoms with Crippen LogP contribution in [0.15, 0.2) is 0 Å². The third-order valence-electron chi connectivity index (χ3n) is 3.07. The summed E-state index contributed by atoms with van der Waals surface area (Å²) in [6, 6.07) is 0. The Labute approximate surface area is 67.6 Å². The average Bonchev–Trinajstić information content (AvgIpc) is 2.46. The first-order chi connectivity index (χ1) is 5.22. The van der Waals surface area contributed by atoms with Gasteiger partial charge in [-0.2, -0.15) is 0 Å². The summed E-state index contributed by atoms with van der Waals surface area (Å²) < 4.78 is 5.77. The molecule has 2 nitrogen and oxygen atoms in total. The monoisotopic (exact) mass is 156 g/mol. The van der Waals surface area contributed by atoms with Gasteiger partial charge in [-0.25, -0.2) is 0 Å². The number of ether oxygens (including phenoxy) is 1. The molecule has 0 aromatic carbocycles. The average molecular weight is 156 g/mol. The number of aliphatic hydroxyl groups is 1. The summed E-state index contributed by atoms with van der Waals surface area (Å²) in [4.78, 5) is 0. The van der Waals surface area contributed by atoms with Gasteiger partial charge < -0.3 is 9.84 Å². The van der Waals surface area contributed by atoms with Crippen LogP contribution in [0, 0.1) is 0 Å². The molecule has 2 rings (SSSR count). The van der Waals surface area contributed by atoms with Crippen LogP contribution >= 0.6 is 0 Å². The van der Waals surface area contributed by atoms with Crippen molar-refractivity contribution in [2.75, 3.05) is 0 Å². The summed E-state index contributed by atoms with van der Waals surface area (Å²) in [5.41, 5.74) is 0.0822. The minimum Gasteiger partial charge on any atom is -0.390 e. The van der Waals surface area contributed by atoms with E-state index >= 15 is 0 Å². The van der Waals surface area contributed by atoms with Crippen molar-refractivity contribution in [2.24, 2.45) is 0 Å². The maximum absolute atomic E-state index is 9.50. The van der Waals surface area contributed by atoms with Crippen LogP contribution in [-0.4, -0.2) is 22.9 Å². The van der Waals surface area contributed by atoms with Crippen molar-refractivity contribution in [3.05, 3.63) is 0 Å². The first-order valence-corrected chi connectivity index (χ1v) is 4.58. The van der Waals surface area contributed by atoms with Gasteiger partial charge in [0.2, 0.25) is 0 Å². The minimum atomic E-state index is -0.215. The lowest BCUT2D eigenvalue weighted by atomic mass is 9.97. The molecule has 1 saturated carbocycles. The van der Waals surface area contributed by atoms with Crippen LogP contribution in [0.4, 0.5) is 0 Å². The number of aliphatic hydroxyl groups excluding tert-OH is 1. The lowest BCUT2D eigenvalue weighted by Gasteiger charge is -2.21. The maximum Gasteiger partial charge on any atom is 0.0826 e. The normalized spacial score (nSPS) is 42.0. The molecule has 0 aromatic heterocycles. The summed E-state index contributed by atoms with van der Waals surface area (Å²) >= 11 is 0. The first-order valence-electron chi connectivity index (χ1n) is 4.58. The molecule has 2 unspecified atom stereocenters. The van der Waals surface area contributed by atoms with Gasteiger partial charge in [-0.1, -0.05) is 12.8 Å². The molecule has 1 N–H and O–H groups in total. The molecule has 2 heteroatoms. The molecule has 1 heterocycles. The second kappa shape index (κ2) is 2.46. The van der Waals surface area contributed by atoms with Crippen molar-refractivity contribution in [2.45, 2.75) is 56.8 Å². The predicted molar refractivity (Wildman–Crippen MR) is 42.4 cm³/mol. The van der Waals surface area contributed by atoms with Gasteiger partial charge in [-0.3, -0.25) is 0 Å². The Hall–Kier alpha value is -0.0800. The smallest absolute Gasteiger partial charge is 0.0826 e. The Morgan fingerprint density at radius 1 is 1.36 bits per heavy atom. The van der Waals surface area contributed by atoms with E-state index in [2.05, 4.69) is 0 Å². The molecule has 1 aliphatic heterocycles. The SMILES string of the molecule is CC1OC2(CCCC2)CC1O. The van der Waals surface area contributed by atoms with E-state index in [0.29, 0.717) is 0 Å². The van der Waals surface area contributed by atoms with Crippen LogP contribution in [-0.2, 0) is 4.74 Å². The van der Waals surface area contributed by atoms with Crippen molar-refractivity contribution in [1.29, 1.82) is 0 Å². The van der Waals surface area contributed by atoms with Crippen LogP contribution in [0.5, 0.6) is 0 Å². The zero-order valence-electron chi connectivity index (χ0n) is 7.05. The highest BCUT2D eigenvalue weighted by atomic mass is 16.5. The van der Waals surface area contributed by atoms with Crippen molar-refractivity contribution < 1.29 is 9.84 Å². The number of hydrogen-bond donors (Lipinski definition) is 1. The predicted octanol–water partition coefficient (Wildman–Crippen LogP) is 1.47. The Bertz CT molecular complexity index is 138. The minimum absolute atomic E-state index is 0.0631. The molecule has 0 amide bonds. The van der Waals surface area contributed by atoms with Gasteiger partial charge in [-0.05, 0) is 19.8 Å². The summed E-state index contributed by atoms with van der Waals surface area (Å²) in [6.45, 7) is 1.97. The molecule has 1 saturated heterocycles. The van der Waals surface area contributed by atoms with E-state index in [-0.39, 0.29) is 17.8 Å². The van der Waals surface area contributed by atoms with Gasteiger partial charge in [0.1, 0.15) is 0 Å². The van der Waals surface area contributed by atoms with Crippen LogP contribution in [0.3, 0.4) is 0 Å². The number of rotatable bonds is 0. The van der Waals surface area contributed by atoms with Gasteiger partial charge in [-0.15, -0.1) is 0 Å². The molecule has 1 aliphatic carbocycles. The van der Waals surface area contributed by atoms with E-state index in [9.17, 15) is 5.11 Å². The Kier molecular flexibility index (Phi) is 1.69. The third kappa shape index (κ3) is 1.18. The zero-order chi connectivity index (χ0) is 7.90. The molecule has 1 spiro atoms. The van der Waals surface area contributed by atoms with Gasteiger partial charge in [0.15, 0.2) is 0 Å². The number of hydrogen-bond acceptors (Lipinski definition) is 2. The van der Waals surface area contributed by atoms with Gasteiger partial charge in [0.05, 0.1) is 17.8 Å². The summed E-state index contributed by atoms with van der Waals surface area (Å²) in [5.74, 6) is 0. The highest BCUT2D eigenvalue weighted by Gasteiger charge is 2.45. The summed E-state index contributed by atoms with van der Waals surface area (Å²) in [5, 5.41) is 9.50. The molecule has 2 aliphatic rings. The fraction of sp³-hybridized carbons (Fsp3) is 1.00. The van der Waals surface area contributed by atoms with E-state index in [0.717, 1.165) is 19.3 Å². The lowest BCUT2D eigenvalue weighted by molar-refractivity contribution is -0.0394. The quantitative estimate of drug-likeness (QED) is 0.575. The topological polar surface area (TPSA) is 29.5 Å². The Morgan fingerprint density at radius 3 is 2.45 bits per heavy atom. The van der Waals surface area contributed by atoms with E-state index in [1.807, 2.05) is 6.92 Å². The lowest BCUT2D eigenvalue weighted by Crippen LogP contribution is -2.23. The highest BCUT2D eigenvalue weighted by molar-refractivity contribution is 4.95. The molecule has 2 atom stereocenters. The zero-order valence-corrected chi connectivity index (χ0v) is 7.05.